The van der Waals surface area contributed by atoms with Gasteiger partial charge in [-0.3, -0.25) is 0 Å². The van der Waals surface area contributed by atoms with Crippen LogP contribution < -0.4 is 0 Å². The predicted octanol–water partition coefficient (Wildman–Crippen LogP) is 13.5. The maximum Gasteiger partial charge on any atom is 0.160 e. The molecule has 10 rings (SSSR count). The van der Waals surface area contributed by atoms with E-state index in [9.17, 15) is 0 Å². The molecular formula is C50H32N2O. The molecule has 0 aliphatic rings. The lowest BCUT2D eigenvalue weighted by Gasteiger charge is -2.14. The van der Waals surface area contributed by atoms with Crippen LogP contribution in [0.15, 0.2) is 199 Å². The van der Waals surface area contributed by atoms with Crippen molar-refractivity contribution < 1.29 is 4.42 Å². The molecular weight excluding hydrogens is 645 g/mol. The van der Waals surface area contributed by atoms with Crippen molar-refractivity contribution in [1.82, 2.24) is 9.97 Å². The lowest BCUT2D eigenvalue weighted by molar-refractivity contribution is 0.669. The second kappa shape index (κ2) is 12.9. The minimum atomic E-state index is 0.696. The molecule has 8 aromatic carbocycles. The van der Waals surface area contributed by atoms with Gasteiger partial charge in [-0.15, -0.1) is 0 Å². The van der Waals surface area contributed by atoms with Crippen LogP contribution in [0.25, 0.3) is 100.0 Å². The zero-order chi connectivity index (χ0) is 35.1. The molecule has 0 saturated heterocycles. The Morgan fingerprint density at radius 3 is 1.43 bits per heavy atom. The van der Waals surface area contributed by atoms with Gasteiger partial charge in [0, 0.05) is 27.5 Å². The topological polar surface area (TPSA) is 38.9 Å². The summed E-state index contributed by atoms with van der Waals surface area (Å²) in [4.78, 5) is 10.1. The zero-order valence-electron chi connectivity index (χ0n) is 28.8. The van der Waals surface area contributed by atoms with Crippen LogP contribution in [0.4, 0.5) is 0 Å². The fourth-order valence-electron chi connectivity index (χ4n) is 7.48. The number of furan rings is 1. The molecule has 0 fully saturated rings. The standard InChI is InChI=1S/C50H32N2O/c1-5-15-33(16-6-1)38-27-39(34-17-7-2-8-18-34)29-40(28-38)43-31-48-49(42-24-14-13-23-41(42)43)44-30-37(25-26-47(44)53-48)46-32-45(35-19-9-3-10-20-35)51-50(52-46)36-21-11-4-12-22-36/h1-32H. The zero-order valence-corrected chi connectivity index (χ0v) is 28.8. The molecule has 0 unspecified atom stereocenters. The summed E-state index contributed by atoms with van der Waals surface area (Å²) in [7, 11) is 0. The molecule has 2 aromatic heterocycles. The fraction of sp³-hybridized carbons (Fsp3) is 0. The van der Waals surface area contributed by atoms with Crippen LogP contribution in [0.2, 0.25) is 0 Å². The van der Waals surface area contributed by atoms with E-state index in [1.54, 1.807) is 0 Å². The van der Waals surface area contributed by atoms with E-state index in [0.717, 1.165) is 66.5 Å². The monoisotopic (exact) mass is 676 g/mol. The van der Waals surface area contributed by atoms with E-state index >= 15 is 0 Å². The second-order valence-corrected chi connectivity index (χ2v) is 13.4. The Balaban J connectivity index is 1.17. The van der Waals surface area contributed by atoms with Gasteiger partial charge in [0.2, 0.25) is 0 Å². The Hall–Kier alpha value is -7.10. The maximum absolute atomic E-state index is 6.70. The van der Waals surface area contributed by atoms with E-state index < -0.39 is 0 Å². The number of benzene rings is 8. The van der Waals surface area contributed by atoms with Gasteiger partial charge in [-0.1, -0.05) is 146 Å². The van der Waals surface area contributed by atoms with E-state index in [-0.39, 0.29) is 0 Å². The largest absolute Gasteiger partial charge is 0.456 e. The van der Waals surface area contributed by atoms with Gasteiger partial charge in [0.1, 0.15) is 11.2 Å². The first-order valence-electron chi connectivity index (χ1n) is 17.9. The van der Waals surface area contributed by atoms with Crippen LogP contribution >= 0.6 is 0 Å². The predicted molar refractivity (Wildman–Crippen MR) is 219 cm³/mol. The second-order valence-electron chi connectivity index (χ2n) is 13.4. The molecule has 0 atom stereocenters. The molecule has 3 heteroatoms. The third-order valence-corrected chi connectivity index (χ3v) is 10.1. The van der Waals surface area contributed by atoms with Gasteiger partial charge < -0.3 is 4.42 Å². The van der Waals surface area contributed by atoms with E-state index in [1.165, 1.54) is 27.6 Å². The van der Waals surface area contributed by atoms with Crippen molar-refractivity contribution in [2.45, 2.75) is 0 Å². The summed E-state index contributed by atoms with van der Waals surface area (Å²) in [6.07, 6.45) is 0. The summed E-state index contributed by atoms with van der Waals surface area (Å²) in [5.41, 5.74) is 13.5. The Bertz CT molecular complexity index is 2800. The van der Waals surface area contributed by atoms with Crippen LogP contribution in [0.5, 0.6) is 0 Å². The first kappa shape index (κ1) is 30.7. The summed E-state index contributed by atoms with van der Waals surface area (Å²) in [6.45, 7) is 0. The van der Waals surface area contributed by atoms with Crippen molar-refractivity contribution in [3.05, 3.63) is 194 Å². The number of rotatable bonds is 6. The molecule has 0 N–H and O–H groups in total. The highest BCUT2D eigenvalue weighted by Crippen LogP contribution is 2.43. The molecule has 0 amide bonds. The van der Waals surface area contributed by atoms with Gasteiger partial charge in [0.25, 0.3) is 0 Å². The Kier molecular flexibility index (Phi) is 7.47. The SMILES string of the molecule is c1ccc(-c2cc(-c3ccccc3)cc(-c3cc4oc5ccc(-c6cc(-c7ccccc7)nc(-c7ccccc7)n6)cc5c4c4ccccc34)c2)cc1. The van der Waals surface area contributed by atoms with Crippen LogP contribution in [-0.2, 0) is 0 Å². The van der Waals surface area contributed by atoms with Gasteiger partial charge in [-0.25, -0.2) is 9.97 Å². The van der Waals surface area contributed by atoms with Crippen molar-refractivity contribution in [3.8, 4) is 67.3 Å². The van der Waals surface area contributed by atoms with E-state index in [4.69, 9.17) is 14.4 Å². The van der Waals surface area contributed by atoms with E-state index in [2.05, 4.69) is 158 Å². The third kappa shape index (κ3) is 5.65. The molecule has 0 bridgehead atoms. The molecule has 3 nitrogen and oxygen atoms in total. The van der Waals surface area contributed by atoms with Crippen molar-refractivity contribution in [1.29, 1.82) is 0 Å². The van der Waals surface area contributed by atoms with Crippen molar-refractivity contribution in [2.24, 2.45) is 0 Å². The molecule has 0 saturated carbocycles. The lowest BCUT2D eigenvalue weighted by atomic mass is 9.90. The highest BCUT2D eigenvalue weighted by Gasteiger charge is 2.18. The Morgan fingerprint density at radius 1 is 0.302 bits per heavy atom. The van der Waals surface area contributed by atoms with Crippen LogP contribution in [0.3, 0.4) is 0 Å². The molecule has 53 heavy (non-hydrogen) atoms. The van der Waals surface area contributed by atoms with Gasteiger partial charge in [0.05, 0.1) is 11.4 Å². The summed E-state index contributed by atoms with van der Waals surface area (Å²) in [5.74, 6) is 0.696. The summed E-state index contributed by atoms with van der Waals surface area (Å²) in [5, 5.41) is 4.49. The summed E-state index contributed by atoms with van der Waals surface area (Å²) < 4.78 is 6.70. The van der Waals surface area contributed by atoms with Crippen LogP contribution in [0.1, 0.15) is 0 Å². The molecule has 0 radical (unpaired) electrons. The normalized spacial score (nSPS) is 11.4. The Morgan fingerprint density at radius 2 is 0.811 bits per heavy atom. The minimum Gasteiger partial charge on any atom is -0.456 e. The number of nitrogens with zero attached hydrogens (tertiary/aromatic N) is 2. The highest BCUT2D eigenvalue weighted by atomic mass is 16.3. The van der Waals surface area contributed by atoms with Gasteiger partial charge >= 0.3 is 0 Å². The fourth-order valence-corrected chi connectivity index (χ4v) is 7.48. The third-order valence-electron chi connectivity index (χ3n) is 10.1. The molecule has 2 heterocycles. The summed E-state index contributed by atoms with van der Waals surface area (Å²) >= 11 is 0. The molecule has 0 spiro atoms. The van der Waals surface area contributed by atoms with Crippen molar-refractivity contribution >= 4 is 32.7 Å². The smallest absolute Gasteiger partial charge is 0.160 e. The maximum atomic E-state index is 6.70. The van der Waals surface area contributed by atoms with Crippen molar-refractivity contribution in [3.63, 3.8) is 0 Å². The highest BCUT2D eigenvalue weighted by molar-refractivity contribution is 6.22. The van der Waals surface area contributed by atoms with E-state index in [0.29, 0.717) is 5.82 Å². The lowest BCUT2D eigenvalue weighted by Crippen LogP contribution is -1.95. The van der Waals surface area contributed by atoms with Gasteiger partial charge in [-0.05, 0) is 92.7 Å². The van der Waals surface area contributed by atoms with Crippen molar-refractivity contribution in [2.75, 3.05) is 0 Å². The number of fused-ring (bicyclic) bond motifs is 5. The van der Waals surface area contributed by atoms with Crippen LogP contribution in [0, 0.1) is 0 Å². The first-order valence-corrected chi connectivity index (χ1v) is 17.9. The minimum absolute atomic E-state index is 0.696. The molecule has 10 aromatic rings. The summed E-state index contributed by atoms with van der Waals surface area (Å²) in [6, 6.07) is 68.0. The quantitative estimate of drug-likeness (QED) is 0.176. The van der Waals surface area contributed by atoms with Gasteiger partial charge in [-0.2, -0.15) is 0 Å². The van der Waals surface area contributed by atoms with Gasteiger partial charge in [0.15, 0.2) is 5.82 Å². The first-order chi connectivity index (χ1) is 26.2. The number of hydrogen-bond donors (Lipinski definition) is 0. The molecule has 0 aliphatic heterocycles. The molecule has 0 aliphatic carbocycles. The van der Waals surface area contributed by atoms with E-state index in [1.807, 2.05) is 36.4 Å². The van der Waals surface area contributed by atoms with Crippen LogP contribution in [-0.4, -0.2) is 9.97 Å². The number of hydrogen-bond acceptors (Lipinski definition) is 3. The Labute approximate surface area is 307 Å². The average Bonchev–Trinajstić information content (AvgIpc) is 3.62. The molecule has 248 valence electrons. The average molecular weight is 677 g/mol. The number of aromatic nitrogens is 2.